The number of benzene rings is 1. The van der Waals surface area contributed by atoms with Crippen LogP contribution in [0.3, 0.4) is 0 Å². The minimum atomic E-state index is -0.833. The van der Waals surface area contributed by atoms with Crippen molar-refractivity contribution in [3.05, 3.63) is 30.3 Å². The first-order valence-electron chi connectivity index (χ1n) is 5.84. The Bertz CT molecular complexity index is 341. The van der Waals surface area contributed by atoms with Crippen LogP contribution in [0.1, 0.15) is 19.8 Å². The molecule has 0 aliphatic carbocycles. The summed E-state index contributed by atoms with van der Waals surface area (Å²) in [5, 5.41) is 11.9. The van der Waals surface area contributed by atoms with Crippen LogP contribution in [0.5, 0.6) is 0 Å². The van der Waals surface area contributed by atoms with Crippen molar-refractivity contribution in [3.63, 3.8) is 0 Å². The number of carboxylic acids is 1. The highest BCUT2D eigenvalue weighted by Gasteiger charge is 2.12. The topological polar surface area (TPSA) is 75.3 Å². The predicted molar refractivity (Wildman–Crippen MR) is 68.9 cm³/mol. The average molecular weight is 236 g/mol. The summed E-state index contributed by atoms with van der Waals surface area (Å²) in [5.41, 5.74) is 6.81. The molecule has 4 N–H and O–H groups in total. The van der Waals surface area contributed by atoms with Gasteiger partial charge in [-0.05, 0) is 24.5 Å². The maximum Gasteiger partial charge on any atom is 0.304 e. The molecule has 17 heavy (non-hydrogen) atoms. The first-order valence-corrected chi connectivity index (χ1v) is 5.84. The summed E-state index contributed by atoms with van der Waals surface area (Å²) in [6.45, 7) is 2.87. The molecule has 0 radical (unpaired) electrons. The monoisotopic (exact) mass is 236 g/mol. The molecule has 0 spiro atoms. The fourth-order valence-corrected chi connectivity index (χ4v) is 1.76. The van der Waals surface area contributed by atoms with E-state index in [1.165, 1.54) is 0 Å². The molecule has 1 rings (SSSR count). The lowest BCUT2D eigenvalue weighted by Crippen LogP contribution is -2.28. The number of rotatable bonds is 7. The van der Waals surface area contributed by atoms with Crippen molar-refractivity contribution in [3.8, 4) is 0 Å². The molecular weight excluding hydrogens is 216 g/mol. The van der Waals surface area contributed by atoms with E-state index in [1.807, 2.05) is 30.3 Å². The van der Waals surface area contributed by atoms with Crippen molar-refractivity contribution in [1.82, 2.24) is 0 Å². The Morgan fingerprint density at radius 1 is 1.41 bits per heavy atom. The number of nitrogens with two attached hydrogens (primary N) is 1. The molecule has 0 bridgehead atoms. The molecule has 1 aromatic carbocycles. The lowest BCUT2D eigenvalue weighted by molar-refractivity contribution is -0.137. The van der Waals surface area contributed by atoms with Crippen LogP contribution >= 0.6 is 0 Å². The molecule has 0 saturated heterocycles. The highest BCUT2D eigenvalue weighted by molar-refractivity contribution is 5.67. The number of anilines is 1. The molecule has 94 valence electrons. The van der Waals surface area contributed by atoms with Crippen molar-refractivity contribution in [1.29, 1.82) is 0 Å². The SMILES string of the molecule is C[C@H](CNc1ccccc1)C[C@H](N)CC(=O)O. The minimum absolute atomic E-state index is 0.0374. The quantitative estimate of drug-likeness (QED) is 0.676. The van der Waals surface area contributed by atoms with Gasteiger partial charge in [0, 0.05) is 18.3 Å². The van der Waals surface area contributed by atoms with Gasteiger partial charge in [-0.25, -0.2) is 0 Å². The van der Waals surface area contributed by atoms with Gasteiger partial charge < -0.3 is 16.2 Å². The third-order valence-corrected chi connectivity index (χ3v) is 2.57. The van der Waals surface area contributed by atoms with Crippen molar-refractivity contribution < 1.29 is 9.90 Å². The van der Waals surface area contributed by atoms with Gasteiger partial charge in [-0.3, -0.25) is 4.79 Å². The Labute approximate surface area is 102 Å². The summed E-state index contributed by atoms with van der Waals surface area (Å²) in [5.74, 6) is -0.481. The molecule has 0 aliphatic heterocycles. The summed E-state index contributed by atoms with van der Waals surface area (Å²) in [4.78, 5) is 10.5. The van der Waals surface area contributed by atoms with Crippen molar-refractivity contribution in [2.45, 2.75) is 25.8 Å². The molecule has 4 heteroatoms. The van der Waals surface area contributed by atoms with Crippen LogP contribution in [0.2, 0.25) is 0 Å². The van der Waals surface area contributed by atoms with Gasteiger partial charge in [0.2, 0.25) is 0 Å². The lowest BCUT2D eigenvalue weighted by atomic mass is 10.00. The molecular formula is C13H20N2O2. The predicted octanol–water partition coefficient (Wildman–Crippen LogP) is 1.93. The number of aliphatic carboxylic acids is 1. The number of hydrogen-bond donors (Lipinski definition) is 3. The van der Waals surface area contributed by atoms with Crippen LogP contribution in [0.25, 0.3) is 0 Å². The van der Waals surface area contributed by atoms with Crippen molar-refractivity contribution in [2.75, 3.05) is 11.9 Å². The van der Waals surface area contributed by atoms with Gasteiger partial charge in [0.25, 0.3) is 0 Å². The standard InChI is InChI=1S/C13H20N2O2/c1-10(7-11(14)8-13(16)17)9-15-12-5-3-2-4-6-12/h2-6,10-11,15H,7-9,14H2,1H3,(H,16,17)/t10-,11-/m0/s1. The summed E-state index contributed by atoms with van der Waals surface area (Å²) in [7, 11) is 0. The van der Waals surface area contributed by atoms with Gasteiger partial charge in [0.05, 0.1) is 6.42 Å². The van der Waals surface area contributed by atoms with E-state index in [2.05, 4.69) is 12.2 Å². The lowest BCUT2D eigenvalue weighted by Gasteiger charge is -2.17. The van der Waals surface area contributed by atoms with E-state index >= 15 is 0 Å². The minimum Gasteiger partial charge on any atom is -0.481 e. The number of para-hydroxylation sites is 1. The number of carboxylic acid groups (broad SMARTS) is 1. The summed E-state index contributed by atoms with van der Waals surface area (Å²) < 4.78 is 0. The summed E-state index contributed by atoms with van der Waals surface area (Å²) in [6.07, 6.45) is 0.752. The smallest absolute Gasteiger partial charge is 0.304 e. The van der Waals surface area contributed by atoms with Crippen molar-refractivity contribution in [2.24, 2.45) is 11.7 Å². The summed E-state index contributed by atoms with van der Waals surface area (Å²) in [6, 6.07) is 9.66. The second kappa shape index (κ2) is 6.91. The first-order chi connectivity index (χ1) is 8.08. The zero-order valence-corrected chi connectivity index (χ0v) is 10.1. The molecule has 0 aliphatic rings. The molecule has 2 atom stereocenters. The van der Waals surface area contributed by atoms with Crippen LogP contribution in [0.15, 0.2) is 30.3 Å². The molecule has 0 heterocycles. The average Bonchev–Trinajstić information content (AvgIpc) is 2.26. The highest BCUT2D eigenvalue weighted by Crippen LogP contribution is 2.10. The number of carbonyl (C=O) groups is 1. The van der Waals surface area contributed by atoms with Crippen LogP contribution in [-0.4, -0.2) is 23.7 Å². The van der Waals surface area contributed by atoms with E-state index in [4.69, 9.17) is 10.8 Å². The van der Waals surface area contributed by atoms with E-state index in [0.29, 0.717) is 12.3 Å². The van der Waals surface area contributed by atoms with Crippen LogP contribution in [-0.2, 0) is 4.79 Å². The van der Waals surface area contributed by atoms with Crippen LogP contribution < -0.4 is 11.1 Å². The first kappa shape index (κ1) is 13.5. The molecule has 0 unspecified atom stereocenters. The maximum atomic E-state index is 10.5. The van der Waals surface area contributed by atoms with Gasteiger partial charge in [-0.1, -0.05) is 25.1 Å². The molecule has 0 aromatic heterocycles. The Morgan fingerprint density at radius 2 is 2.06 bits per heavy atom. The molecule has 0 amide bonds. The Kier molecular flexibility index (Phi) is 5.49. The number of hydrogen-bond acceptors (Lipinski definition) is 3. The molecule has 0 saturated carbocycles. The van der Waals surface area contributed by atoms with Gasteiger partial charge in [0.15, 0.2) is 0 Å². The van der Waals surface area contributed by atoms with Gasteiger partial charge in [0.1, 0.15) is 0 Å². The Hall–Kier alpha value is -1.55. The zero-order valence-electron chi connectivity index (χ0n) is 10.1. The maximum absolute atomic E-state index is 10.5. The van der Waals surface area contributed by atoms with Gasteiger partial charge in [-0.15, -0.1) is 0 Å². The number of nitrogens with one attached hydrogen (secondary N) is 1. The van der Waals surface area contributed by atoms with E-state index in [-0.39, 0.29) is 12.5 Å². The molecule has 1 aromatic rings. The molecule has 0 fully saturated rings. The zero-order chi connectivity index (χ0) is 12.7. The van der Waals surface area contributed by atoms with E-state index in [9.17, 15) is 4.79 Å². The van der Waals surface area contributed by atoms with E-state index in [0.717, 1.165) is 12.2 Å². The molecule has 4 nitrogen and oxygen atoms in total. The van der Waals surface area contributed by atoms with Gasteiger partial charge in [-0.2, -0.15) is 0 Å². The summed E-state index contributed by atoms with van der Waals surface area (Å²) >= 11 is 0. The Balaban J connectivity index is 2.25. The second-order valence-electron chi connectivity index (χ2n) is 4.45. The Morgan fingerprint density at radius 3 is 2.65 bits per heavy atom. The highest BCUT2D eigenvalue weighted by atomic mass is 16.4. The van der Waals surface area contributed by atoms with Crippen molar-refractivity contribution >= 4 is 11.7 Å². The third-order valence-electron chi connectivity index (χ3n) is 2.57. The van der Waals surface area contributed by atoms with E-state index in [1.54, 1.807) is 0 Å². The largest absolute Gasteiger partial charge is 0.481 e. The van der Waals surface area contributed by atoms with Gasteiger partial charge >= 0.3 is 5.97 Å². The van der Waals surface area contributed by atoms with Crippen LogP contribution in [0, 0.1) is 5.92 Å². The fourth-order valence-electron chi connectivity index (χ4n) is 1.76. The normalized spacial score (nSPS) is 14.0. The third kappa shape index (κ3) is 5.92. The fraction of sp³-hybridized carbons (Fsp3) is 0.462. The van der Waals surface area contributed by atoms with E-state index < -0.39 is 5.97 Å². The second-order valence-corrected chi connectivity index (χ2v) is 4.45. The van der Waals surface area contributed by atoms with Crippen LogP contribution in [0.4, 0.5) is 5.69 Å².